The standard InChI is InChI=1S/C18H18N4O2/c1-13-10-16(17(23)19-11-14-6-3-2-4-7-14)22-18(21-13)20-12-15-8-5-9-24-15/h2-10H,11-12H2,1H3,(H,19,23)(H,20,21,22). The zero-order valence-electron chi connectivity index (χ0n) is 13.3. The van der Waals surface area contributed by atoms with E-state index >= 15 is 0 Å². The fourth-order valence-corrected chi connectivity index (χ4v) is 2.21. The van der Waals surface area contributed by atoms with Crippen LogP contribution in [0, 0.1) is 6.92 Å². The molecule has 6 nitrogen and oxygen atoms in total. The number of aromatic nitrogens is 2. The zero-order valence-corrected chi connectivity index (χ0v) is 13.3. The Morgan fingerprint density at radius 3 is 2.67 bits per heavy atom. The first kappa shape index (κ1) is 15.7. The maximum atomic E-state index is 12.3. The molecule has 0 atom stereocenters. The number of rotatable bonds is 6. The predicted molar refractivity (Wildman–Crippen MR) is 90.4 cm³/mol. The van der Waals surface area contributed by atoms with Crippen LogP contribution in [0.5, 0.6) is 0 Å². The number of hydrogen-bond donors (Lipinski definition) is 2. The molecule has 3 aromatic rings. The maximum absolute atomic E-state index is 12.3. The highest BCUT2D eigenvalue weighted by atomic mass is 16.3. The molecule has 2 aromatic heterocycles. The smallest absolute Gasteiger partial charge is 0.270 e. The van der Waals surface area contributed by atoms with Crippen LogP contribution in [-0.4, -0.2) is 15.9 Å². The van der Waals surface area contributed by atoms with Gasteiger partial charge in [-0.05, 0) is 30.7 Å². The van der Waals surface area contributed by atoms with Gasteiger partial charge in [-0.2, -0.15) is 0 Å². The predicted octanol–water partition coefficient (Wildman–Crippen LogP) is 2.92. The van der Waals surface area contributed by atoms with Gasteiger partial charge in [0.05, 0.1) is 12.8 Å². The molecule has 0 saturated carbocycles. The Kier molecular flexibility index (Phi) is 4.86. The van der Waals surface area contributed by atoms with Crippen LogP contribution in [0.2, 0.25) is 0 Å². The van der Waals surface area contributed by atoms with Crippen LogP contribution in [0.4, 0.5) is 5.95 Å². The number of carbonyl (C=O) groups is 1. The van der Waals surface area contributed by atoms with Gasteiger partial charge in [0.2, 0.25) is 5.95 Å². The number of anilines is 1. The van der Waals surface area contributed by atoms with E-state index in [-0.39, 0.29) is 5.91 Å². The van der Waals surface area contributed by atoms with Crippen LogP contribution in [0.25, 0.3) is 0 Å². The third-order valence-corrected chi connectivity index (χ3v) is 3.38. The number of amides is 1. The van der Waals surface area contributed by atoms with E-state index in [1.807, 2.05) is 49.4 Å². The van der Waals surface area contributed by atoms with E-state index in [4.69, 9.17) is 4.42 Å². The Morgan fingerprint density at radius 2 is 1.92 bits per heavy atom. The van der Waals surface area contributed by atoms with Crippen LogP contribution in [0.15, 0.2) is 59.2 Å². The van der Waals surface area contributed by atoms with Crippen molar-refractivity contribution in [1.29, 1.82) is 0 Å². The van der Waals surface area contributed by atoms with Crippen LogP contribution >= 0.6 is 0 Å². The lowest BCUT2D eigenvalue weighted by molar-refractivity contribution is 0.0945. The molecule has 2 heterocycles. The summed E-state index contributed by atoms with van der Waals surface area (Å²) in [6.45, 7) is 2.74. The second-order valence-electron chi connectivity index (χ2n) is 5.32. The van der Waals surface area contributed by atoms with Gasteiger partial charge in [0.25, 0.3) is 5.91 Å². The second-order valence-corrected chi connectivity index (χ2v) is 5.32. The van der Waals surface area contributed by atoms with Crippen molar-refractivity contribution < 1.29 is 9.21 Å². The molecule has 0 radical (unpaired) electrons. The summed E-state index contributed by atoms with van der Waals surface area (Å²) in [5.74, 6) is 0.942. The van der Waals surface area contributed by atoms with Crippen molar-refractivity contribution in [1.82, 2.24) is 15.3 Å². The van der Waals surface area contributed by atoms with E-state index in [0.29, 0.717) is 24.7 Å². The molecule has 0 unspecified atom stereocenters. The third-order valence-electron chi connectivity index (χ3n) is 3.38. The lowest BCUT2D eigenvalue weighted by atomic mass is 10.2. The first-order valence-corrected chi connectivity index (χ1v) is 7.65. The van der Waals surface area contributed by atoms with Crippen LogP contribution < -0.4 is 10.6 Å². The van der Waals surface area contributed by atoms with Gasteiger partial charge >= 0.3 is 0 Å². The number of benzene rings is 1. The van der Waals surface area contributed by atoms with Crippen molar-refractivity contribution in [3.63, 3.8) is 0 Å². The van der Waals surface area contributed by atoms with E-state index in [1.165, 1.54) is 0 Å². The van der Waals surface area contributed by atoms with E-state index < -0.39 is 0 Å². The van der Waals surface area contributed by atoms with Crippen molar-refractivity contribution in [2.45, 2.75) is 20.0 Å². The van der Waals surface area contributed by atoms with Gasteiger partial charge in [-0.1, -0.05) is 30.3 Å². The molecular formula is C18H18N4O2. The summed E-state index contributed by atoms with van der Waals surface area (Å²) in [5.41, 5.74) is 2.09. The molecule has 1 amide bonds. The van der Waals surface area contributed by atoms with Gasteiger partial charge in [0, 0.05) is 12.2 Å². The summed E-state index contributed by atoms with van der Waals surface area (Å²) < 4.78 is 5.25. The first-order valence-electron chi connectivity index (χ1n) is 7.65. The molecular weight excluding hydrogens is 304 g/mol. The fraction of sp³-hybridized carbons (Fsp3) is 0.167. The normalized spacial score (nSPS) is 10.4. The second kappa shape index (κ2) is 7.41. The van der Waals surface area contributed by atoms with Crippen molar-refractivity contribution in [3.05, 3.63) is 77.5 Å². The largest absolute Gasteiger partial charge is 0.467 e. The Bertz CT molecular complexity index is 801. The zero-order chi connectivity index (χ0) is 16.8. The Labute approximate surface area is 140 Å². The molecule has 2 N–H and O–H groups in total. The van der Waals surface area contributed by atoms with Crippen LogP contribution in [0.1, 0.15) is 27.5 Å². The number of nitrogens with zero attached hydrogens (tertiary/aromatic N) is 2. The number of aryl methyl sites for hydroxylation is 1. The summed E-state index contributed by atoms with van der Waals surface area (Å²) in [7, 11) is 0. The summed E-state index contributed by atoms with van der Waals surface area (Å²) in [6, 6.07) is 15.1. The van der Waals surface area contributed by atoms with Crippen molar-refractivity contribution in [2.24, 2.45) is 0 Å². The van der Waals surface area contributed by atoms with Crippen LogP contribution in [0.3, 0.4) is 0 Å². The molecule has 0 saturated heterocycles. The monoisotopic (exact) mass is 322 g/mol. The Hall–Kier alpha value is -3.15. The lowest BCUT2D eigenvalue weighted by Gasteiger charge is -2.08. The molecule has 24 heavy (non-hydrogen) atoms. The molecule has 0 spiro atoms. The average Bonchev–Trinajstić information content (AvgIpc) is 3.12. The molecule has 122 valence electrons. The average molecular weight is 322 g/mol. The van der Waals surface area contributed by atoms with Gasteiger partial charge in [0.1, 0.15) is 11.5 Å². The molecule has 6 heteroatoms. The minimum atomic E-state index is -0.231. The van der Waals surface area contributed by atoms with Gasteiger partial charge < -0.3 is 15.1 Å². The van der Waals surface area contributed by atoms with Gasteiger partial charge in [-0.15, -0.1) is 0 Å². The number of carbonyl (C=O) groups excluding carboxylic acids is 1. The molecule has 0 aliphatic carbocycles. The minimum Gasteiger partial charge on any atom is -0.467 e. The molecule has 0 fully saturated rings. The number of furan rings is 1. The van der Waals surface area contributed by atoms with E-state index in [0.717, 1.165) is 17.0 Å². The van der Waals surface area contributed by atoms with Gasteiger partial charge in [-0.3, -0.25) is 4.79 Å². The SMILES string of the molecule is Cc1cc(C(=O)NCc2ccccc2)nc(NCc2ccco2)n1. The third kappa shape index (κ3) is 4.19. The molecule has 3 rings (SSSR count). The summed E-state index contributed by atoms with van der Waals surface area (Å²) in [4.78, 5) is 20.9. The number of hydrogen-bond acceptors (Lipinski definition) is 5. The van der Waals surface area contributed by atoms with Gasteiger partial charge in [0.15, 0.2) is 0 Å². The molecule has 1 aromatic carbocycles. The maximum Gasteiger partial charge on any atom is 0.270 e. The highest BCUT2D eigenvalue weighted by Crippen LogP contribution is 2.08. The Morgan fingerprint density at radius 1 is 1.08 bits per heavy atom. The van der Waals surface area contributed by atoms with E-state index in [2.05, 4.69) is 20.6 Å². The number of nitrogens with one attached hydrogen (secondary N) is 2. The molecule has 0 aliphatic heterocycles. The van der Waals surface area contributed by atoms with E-state index in [1.54, 1.807) is 12.3 Å². The lowest BCUT2D eigenvalue weighted by Crippen LogP contribution is -2.24. The highest BCUT2D eigenvalue weighted by molar-refractivity contribution is 5.92. The summed E-state index contributed by atoms with van der Waals surface area (Å²) in [6.07, 6.45) is 1.61. The van der Waals surface area contributed by atoms with Crippen molar-refractivity contribution in [2.75, 3.05) is 5.32 Å². The van der Waals surface area contributed by atoms with Crippen molar-refractivity contribution >= 4 is 11.9 Å². The molecule has 0 bridgehead atoms. The van der Waals surface area contributed by atoms with Crippen LogP contribution in [-0.2, 0) is 13.1 Å². The quantitative estimate of drug-likeness (QED) is 0.729. The fourth-order valence-electron chi connectivity index (χ4n) is 2.21. The summed E-state index contributed by atoms with van der Waals surface area (Å²) in [5, 5.41) is 5.92. The summed E-state index contributed by atoms with van der Waals surface area (Å²) >= 11 is 0. The van der Waals surface area contributed by atoms with Crippen molar-refractivity contribution in [3.8, 4) is 0 Å². The topological polar surface area (TPSA) is 80.0 Å². The van der Waals surface area contributed by atoms with Gasteiger partial charge in [-0.25, -0.2) is 9.97 Å². The minimum absolute atomic E-state index is 0.231. The first-order chi connectivity index (χ1) is 11.7. The van der Waals surface area contributed by atoms with E-state index in [9.17, 15) is 4.79 Å². The molecule has 0 aliphatic rings. The highest BCUT2D eigenvalue weighted by Gasteiger charge is 2.10. The Balaban J connectivity index is 1.65.